The minimum atomic E-state index is -0.483. The average molecular weight is 406 g/mol. The highest BCUT2D eigenvalue weighted by Crippen LogP contribution is 2.25. The molecule has 2 aromatic rings. The summed E-state index contributed by atoms with van der Waals surface area (Å²) >= 11 is 3.42. The van der Waals surface area contributed by atoms with Crippen LogP contribution in [-0.4, -0.2) is 25.5 Å². The molecule has 0 bridgehead atoms. The molecular formula is C18H20BrN3O3. The minimum Gasteiger partial charge on any atom is -0.379 e. The SMILES string of the molecule is Cc1ccc(NC(=O)CCNc2c(N3CCCC3)c(=O)c2=O)c(Br)c1. The Kier molecular flexibility index (Phi) is 5.22. The molecule has 7 heteroatoms. The van der Waals surface area contributed by atoms with Crippen molar-refractivity contribution >= 4 is 38.9 Å². The normalized spacial score (nSPS) is 14.1. The molecular weight excluding hydrogens is 386 g/mol. The van der Waals surface area contributed by atoms with E-state index < -0.39 is 10.9 Å². The van der Waals surface area contributed by atoms with Crippen LogP contribution in [0.1, 0.15) is 24.8 Å². The Morgan fingerprint density at radius 2 is 1.92 bits per heavy atom. The van der Waals surface area contributed by atoms with Gasteiger partial charge in [-0.2, -0.15) is 0 Å². The average Bonchev–Trinajstić information content (AvgIpc) is 3.09. The van der Waals surface area contributed by atoms with Gasteiger partial charge >= 0.3 is 0 Å². The number of anilines is 3. The van der Waals surface area contributed by atoms with E-state index in [9.17, 15) is 14.4 Å². The Labute approximate surface area is 154 Å². The molecule has 1 heterocycles. The number of benzene rings is 1. The van der Waals surface area contributed by atoms with Crippen molar-refractivity contribution in [2.24, 2.45) is 0 Å². The van der Waals surface area contributed by atoms with E-state index in [1.54, 1.807) is 0 Å². The second-order valence-corrected chi connectivity index (χ2v) is 7.14. The Hall–Kier alpha value is -2.15. The molecule has 0 spiro atoms. The number of rotatable bonds is 6. The molecule has 0 radical (unpaired) electrons. The van der Waals surface area contributed by atoms with Crippen LogP contribution in [0.15, 0.2) is 32.3 Å². The van der Waals surface area contributed by atoms with Crippen molar-refractivity contribution in [1.29, 1.82) is 0 Å². The van der Waals surface area contributed by atoms with Crippen LogP contribution < -0.4 is 26.4 Å². The predicted octanol–water partition coefficient (Wildman–Crippen LogP) is 2.39. The monoisotopic (exact) mass is 405 g/mol. The number of hydrogen-bond donors (Lipinski definition) is 2. The van der Waals surface area contributed by atoms with Crippen LogP contribution in [-0.2, 0) is 4.79 Å². The summed E-state index contributed by atoms with van der Waals surface area (Å²) in [5.74, 6) is -0.154. The van der Waals surface area contributed by atoms with Crippen molar-refractivity contribution in [3.05, 3.63) is 48.7 Å². The lowest BCUT2D eigenvalue weighted by atomic mass is 10.1. The number of amides is 1. The number of carbonyl (C=O) groups excluding carboxylic acids is 1. The number of nitrogens with one attached hydrogen (secondary N) is 2. The Bertz CT molecular complexity index is 865. The minimum absolute atomic E-state index is 0.154. The van der Waals surface area contributed by atoms with Crippen LogP contribution in [0.3, 0.4) is 0 Å². The van der Waals surface area contributed by atoms with Gasteiger partial charge in [0.05, 0.1) is 5.69 Å². The van der Waals surface area contributed by atoms with Crippen LogP contribution in [0.2, 0.25) is 0 Å². The van der Waals surface area contributed by atoms with Gasteiger partial charge in [0.1, 0.15) is 11.4 Å². The van der Waals surface area contributed by atoms with Crippen LogP contribution in [0, 0.1) is 6.92 Å². The topological polar surface area (TPSA) is 78.5 Å². The summed E-state index contributed by atoms with van der Waals surface area (Å²) in [5, 5.41) is 5.79. The van der Waals surface area contributed by atoms with Gasteiger partial charge in [0, 0.05) is 30.5 Å². The van der Waals surface area contributed by atoms with Gasteiger partial charge in [0.15, 0.2) is 0 Å². The first-order valence-corrected chi connectivity index (χ1v) is 9.15. The van der Waals surface area contributed by atoms with E-state index in [4.69, 9.17) is 0 Å². The van der Waals surface area contributed by atoms with Gasteiger partial charge in [0.25, 0.3) is 10.9 Å². The zero-order valence-electron chi connectivity index (χ0n) is 14.0. The van der Waals surface area contributed by atoms with Gasteiger partial charge in [0.2, 0.25) is 5.91 Å². The van der Waals surface area contributed by atoms with E-state index in [0.29, 0.717) is 23.6 Å². The van der Waals surface area contributed by atoms with Crippen molar-refractivity contribution in [1.82, 2.24) is 0 Å². The highest BCUT2D eigenvalue weighted by atomic mass is 79.9. The largest absolute Gasteiger partial charge is 0.379 e. The van der Waals surface area contributed by atoms with Crippen molar-refractivity contribution in [3.63, 3.8) is 0 Å². The molecule has 0 saturated carbocycles. The summed E-state index contributed by atoms with van der Waals surface area (Å²) in [6, 6.07) is 5.69. The molecule has 1 saturated heterocycles. The maximum absolute atomic E-state index is 12.1. The van der Waals surface area contributed by atoms with Gasteiger partial charge in [-0.1, -0.05) is 6.07 Å². The molecule has 2 N–H and O–H groups in total. The maximum atomic E-state index is 12.1. The fourth-order valence-electron chi connectivity index (χ4n) is 3.02. The molecule has 6 nitrogen and oxygen atoms in total. The Morgan fingerprint density at radius 1 is 1.20 bits per heavy atom. The fraction of sp³-hybridized carbons (Fsp3) is 0.389. The van der Waals surface area contributed by atoms with E-state index >= 15 is 0 Å². The summed E-state index contributed by atoms with van der Waals surface area (Å²) in [4.78, 5) is 37.6. The fourth-order valence-corrected chi connectivity index (χ4v) is 3.61. The second kappa shape index (κ2) is 7.39. The van der Waals surface area contributed by atoms with E-state index in [1.165, 1.54) is 0 Å². The lowest BCUT2D eigenvalue weighted by Gasteiger charge is -2.22. The Balaban J connectivity index is 1.55. The van der Waals surface area contributed by atoms with Crippen molar-refractivity contribution < 1.29 is 4.79 Å². The van der Waals surface area contributed by atoms with Crippen LogP contribution in [0.4, 0.5) is 17.1 Å². The molecule has 3 rings (SSSR count). The molecule has 0 unspecified atom stereocenters. The summed E-state index contributed by atoms with van der Waals surface area (Å²) in [6.07, 6.45) is 2.27. The predicted molar refractivity (Wildman–Crippen MR) is 103 cm³/mol. The van der Waals surface area contributed by atoms with E-state index in [2.05, 4.69) is 26.6 Å². The molecule has 0 aromatic heterocycles. The standard InChI is InChI=1S/C18H20BrN3O3/c1-11-4-5-13(12(19)10-11)21-14(23)6-7-20-15-16(18(25)17(15)24)22-8-2-3-9-22/h4-5,10,20H,2-3,6-9H2,1H3,(H,21,23). The Morgan fingerprint density at radius 3 is 2.60 bits per heavy atom. The lowest BCUT2D eigenvalue weighted by molar-refractivity contribution is -0.115. The first-order valence-electron chi connectivity index (χ1n) is 8.35. The van der Waals surface area contributed by atoms with Crippen molar-refractivity contribution in [2.45, 2.75) is 26.2 Å². The smallest absolute Gasteiger partial charge is 0.253 e. The van der Waals surface area contributed by atoms with Crippen molar-refractivity contribution in [2.75, 3.05) is 35.2 Å². The third kappa shape index (κ3) is 3.76. The van der Waals surface area contributed by atoms with Gasteiger partial charge in [-0.3, -0.25) is 14.4 Å². The first kappa shape index (κ1) is 17.7. The molecule has 1 aliphatic rings. The molecule has 0 atom stereocenters. The van der Waals surface area contributed by atoms with Gasteiger partial charge in [-0.05, 0) is 53.4 Å². The summed E-state index contributed by atoms with van der Waals surface area (Å²) < 4.78 is 0.826. The number of halogens is 1. The maximum Gasteiger partial charge on any atom is 0.253 e. The van der Waals surface area contributed by atoms with Crippen LogP contribution in [0.5, 0.6) is 0 Å². The third-order valence-corrected chi connectivity index (χ3v) is 5.02. The van der Waals surface area contributed by atoms with Gasteiger partial charge < -0.3 is 15.5 Å². The lowest BCUT2D eigenvalue weighted by Crippen LogP contribution is -2.42. The second-order valence-electron chi connectivity index (χ2n) is 6.28. The molecule has 1 aliphatic heterocycles. The van der Waals surface area contributed by atoms with E-state index in [1.807, 2.05) is 30.0 Å². The number of aryl methyl sites for hydroxylation is 1. The number of hydrogen-bond acceptors (Lipinski definition) is 5. The van der Waals surface area contributed by atoms with Gasteiger partial charge in [-0.15, -0.1) is 0 Å². The van der Waals surface area contributed by atoms with Gasteiger partial charge in [-0.25, -0.2) is 0 Å². The zero-order chi connectivity index (χ0) is 18.0. The summed E-state index contributed by atoms with van der Waals surface area (Å²) in [7, 11) is 0. The molecule has 25 heavy (non-hydrogen) atoms. The summed E-state index contributed by atoms with van der Waals surface area (Å²) in [6.45, 7) is 3.90. The molecule has 1 amide bonds. The molecule has 0 aliphatic carbocycles. The highest BCUT2D eigenvalue weighted by molar-refractivity contribution is 9.10. The quantitative estimate of drug-likeness (QED) is 0.721. The first-order chi connectivity index (χ1) is 12.0. The third-order valence-electron chi connectivity index (χ3n) is 4.36. The molecule has 1 fully saturated rings. The van der Waals surface area contributed by atoms with Crippen molar-refractivity contribution in [3.8, 4) is 0 Å². The van der Waals surface area contributed by atoms with E-state index in [-0.39, 0.29) is 12.3 Å². The number of nitrogens with zero attached hydrogens (tertiary/aromatic N) is 1. The zero-order valence-corrected chi connectivity index (χ0v) is 15.6. The van der Waals surface area contributed by atoms with Crippen LogP contribution >= 0.6 is 15.9 Å². The molecule has 2 aromatic carbocycles. The van der Waals surface area contributed by atoms with Crippen LogP contribution in [0.25, 0.3) is 0 Å². The van der Waals surface area contributed by atoms with E-state index in [0.717, 1.165) is 36.0 Å². The summed E-state index contributed by atoms with van der Waals surface area (Å²) in [5.41, 5.74) is 1.75. The number of carbonyl (C=O) groups is 1. The molecule has 132 valence electrons. The highest BCUT2D eigenvalue weighted by Gasteiger charge is 2.27.